The van der Waals surface area contributed by atoms with Gasteiger partial charge in [0.25, 0.3) is 5.91 Å². The molecule has 7 heteroatoms. The summed E-state index contributed by atoms with van der Waals surface area (Å²) in [6, 6.07) is 5.37. The fourth-order valence-electron chi connectivity index (χ4n) is 2.33. The Bertz CT molecular complexity index is 551. The van der Waals surface area contributed by atoms with Gasteiger partial charge in [-0.1, -0.05) is 12.1 Å². The van der Waals surface area contributed by atoms with Gasteiger partial charge in [0, 0.05) is 19.0 Å². The minimum atomic E-state index is -1.18. The van der Waals surface area contributed by atoms with E-state index in [0.29, 0.717) is 0 Å². The fourth-order valence-corrected chi connectivity index (χ4v) is 2.33. The molecule has 0 unspecified atom stereocenters. The monoisotopic (exact) mass is 324 g/mol. The number of phenolic OH excluding ortho intramolecular Hbond substituents is 1. The zero-order valence-electron chi connectivity index (χ0n) is 14.1. The molecular weight excluding hydrogens is 300 g/mol. The first-order valence-corrected chi connectivity index (χ1v) is 7.19. The molecule has 0 aromatic heterocycles. The molecule has 0 radical (unpaired) electrons. The second-order valence-corrected chi connectivity index (χ2v) is 6.23. The minimum absolute atomic E-state index is 0.108. The van der Waals surface area contributed by atoms with Gasteiger partial charge in [-0.15, -0.1) is 0 Å². The third-order valence-corrected chi connectivity index (χ3v) is 3.48. The lowest BCUT2D eigenvalue weighted by Gasteiger charge is -2.39. The van der Waals surface area contributed by atoms with Crippen molar-refractivity contribution < 1.29 is 24.6 Å². The third kappa shape index (κ3) is 4.85. The van der Waals surface area contributed by atoms with Crippen LogP contribution in [-0.4, -0.2) is 57.9 Å². The number of rotatable bonds is 5. The molecule has 1 rings (SSSR count). The van der Waals surface area contributed by atoms with Gasteiger partial charge in [-0.25, -0.2) is 9.86 Å². The molecule has 0 bridgehead atoms. The predicted molar refractivity (Wildman–Crippen MR) is 85.0 cm³/mol. The molecule has 0 fully saturated rings. The van der Waals surface area contributed by atoms with Crippen LogP contribution in [0.3, 0.4) is 0 Å². The summed E-state index contributed by atoms with van der Waals surface area (Å²) in [5.74, 6) is -0.352. The second-order valence-electron chi connectivity index (χ2n) is 6.23. The Labute approximate surface area is 136 Å². The number of hydrogen-bond acceptors (Lipinski definition) is 4. The fraction of sp³-hybridized carbons (Fsp3) is 0.500. The van der Waals surface area contributed by atoms with Crippen molar-refractivity contribution >= 4 is 12.0 Å². The quantitative estimate of drug-likeness (QED) is 0.810. The van der Waals surface area contributed by atoms with Gasteiger partial charge in [-0.3, -0.25) is 14.5 Å². The van der Waals surface area contributed by atoms with Crippen LogP contribution in [0.15, 0.2) is 24.3 Å². The van der Waals surface area contributed by atoms with Crippen molar-refractivity contribution in [3.63, 3.8) is 0 Å². The first-order valence-electron chi connectivity index (χ1n) is 7.19. The van der Waals surface area contributed by atoms with Crippen LogP contribution in [-0.2, 0) is 16.1 Å². The molecule has 7 nitrogen and oxygen atoms in total. The molecule has 0 aliphatic rings. The Morgan fingerprint density at radius 2 is 1.74 bits per heavy atom. The number of phenols is 1. The Balaban J connectivity index is 3.22. The molecule has 0 saturated carbocycles. The normalized spacial score (nSPS) is 12.6. The first-order chi connectivity index (χ1) is 10.6. The summed E-state index contributed by atoms with van der Waals surface area (Å²) in [5, 5.41) is 20.0. The summed E-state index contributed by atoms with van der Waals surface area (Å²) in [5.41, 5.74) is -0.0290. The molecule has 0 spiro atoms. The first kappa shape index (κ1) is 18.8. The lowest BCUT2D eigenvalue weighted by Crippen LogP contribution is -2.57. The van der Waals surface area contributed by atoms with Crippen molar-refractivity contribution in [3.05, 3.63) is 29.8 Å². The summed E-state index contributed by atoms with van der Waals surface area (Å²) in [6.07, 6.45) is -1.00. The van der Waals surface area contributed by atoms with Gasteiger partial charge in [0.15, 0.2) is 0 Å². The third-order valence-electron chi connectivity index (χ3n) is 3.48. The minimum Gasteiger partial charge on any atom is -0.508 e. The molecule has 1 atom stereocenters. The maximum absolute atomic E-state index is 12.6. The topological polar surface area (TPSA) is 90.3 Å². The van der Waals surface area contributed by atoms with E-state index in [1.165, 1.54) is 26.3 Å². The van der Waals surface area contributed by atoms with E-state index in [9.17, 15) is 19.8 Å². The molecule has 0 aliphatic carbocycles. The van der Waals surface area contributed by atoms with E-state index in [1.807, 2.05) is 0 Å². The average Bonchev–Trinajstić information content (AvgIpc) is 2.45. The van der Waals surface area contributed by atoms with Crippen LogP contribution in [0.4, 0.5) is 4.79 Å². The van der Waals surface area contributed by atoms with E-state index >= 15 is 0 Å². The Hall–Kier alpha value is -2.28. The molecule has 0 heterocycles. The highest BCUT2D eigenvalue weighted by Gasteiger charge is 2.39. The summed E-state index contributed by atoms with van der Waals surface area (Å²) < 4.78 is 0. The lowest BCUT2D eigenvalue weighted by molar-refractivity contribution is -0.175. The zero-order chi connectivity index (χ0) is 17.8. The number of carboxylic acid groups (broad SMARTS) is 1. The predicted octanol–water partition coefficient (Wildman–Crippen LogP) is 2.10. The van der Waals surface area contributed by atoms with E-state index in [2.05, 4.69) is 0 Å². The van der Waals surface area contributed by atoms with E-state index in [4.69, 9.17) is 4.84 Å². The maximum atomic E-state index is 12.6. The number of nitrogens with zero attached hydrogens (tertiary/aromatic N) is 2. The van der Waals surface area contributed by atoms with Gasteiger partial charge < -0.3 is 10.2 Å². The van der Waals surface area contributed by atoms with Gasteiger partial charge >= 0.3 is 6.09 Å². The molecular formula is C16H24N2O5. The Kier molecular flexibility index (Phi) is 5.98. The van der Waals surface area contributed by atoms with Crippen LogP contribution in [0.2, 0.25) is 0 Å². The van der Waals surface area contributed by atoms with Crippen molar-refractivity contribution in [2.75, 3.05) is 14.2 Å². The Morgan fingerprint density at radius 3 is 2.13 bits per heavy atom. The lowest BCUT2D eigenvalue weighted by atomic mass is 9.98. The van der Waals surface area contributed by atoms with E-state index in [1.54, 1.807) is 32.9 Å². The van der Waals surface area contributed by atoms with Crippen LogP contribution in [0.5, 0.6) is 5.75 Å². The number of hydroxylamine groups is 2. The summed E-state index contributed by atoms with van der Waals surface area (Å²) in [7, 11) is 2.78. The van der Waals surface area contributed by atoms with Gasteiger partial charge in [-0.05, 0) is 38.5 Å². The second kappa shape index (κ2) is 7.32. The highest BCUT2D eigenvalue weighted by atomic mass is 16.7. The molecule has 128 valence electrons. The van der Waals surface area contributed by atoms with E-state index in [-0.39, 0.29) is 12.2 Å². The maximum Gasteiger partial charge on any atom is 0.408 e. The number of carbonyl (C=O) groups excluding carboxylic acids is 1. The number of hydrogen-bond donors (Lipinski definition) is 2. The Morgan fingerprint density at radius 1 is 1.22 bits per heavy atom. The van der Waals surface area contributed by atoms with E-state index in [0.717, 1.165) is 15.5 Å². The van der Waals surface area contributed by atoms with Crippen molar-refractivity contribution in [2.45, 2.75) is 38.8 Å². The number of likely N-dealkylation sites (N-methyl/N-ethyl adjacent to an activating group) is 1. The molecule has 2 N–H and O–H groups in total. The number of amides is 2. The molecule has 1 aromatic rings. The van der Waals surface area contributed by atoms with Crippen LogP contribution in [0.1, 0.15) is 26.3 Å². The summed E-state index contributed by atoms with van der Waals surface area (Å²) in [4.78, 5) is 30.3. The van der Waals surface area contributed by atoms with Crippen LogP contribution >= 0.6 is 0 Å². The summed E-state index contributed by atoms with van der Waals surface area (Å²) in [6.45, 7) is 5.18. The summed E-state index contributed by atoms with van der Waals surface area (Å²) >= 11 is 0. The van der Waals surface area contributed by atoms with Gasteiger partial charge in [0.05, 0.1) is 7.11 Å². The largest absolute Gasteiger partial charge is 0.508 e. The van der Waals surface area contributed by atoms with Crippen LogP contribution < -0.4 is 0 Å². The zero-order valence-corrected chi connectivity index (χ0v) is 14.1. The van der Waals surface area contributed by atoms with Crippen LogP contribution in [0.25, 0.3) is 0 Å². The number of benzene rings is 1. The van der Waals surface area contributed by atoms with Gasteiger partial charge in [-0.2, -0.15) is 0 Å². The standard InChI is InChI=1S/C16H24N2O5/c1-16(2,3)18(15(21)22)13(14(20)17(4)23-5)10-11-6-8-12(19)9-7-11/h6-9,13,19H,10H2,1-5H3,(H,21,22)/t13-/m0/s1. The molecule has 23 heavy (non-hydrogen) atoms. The van der Waals surface area contributed by atoms with Crippen molar-refractivity contribution in [2.24, 2.45) is 0 Å². The van der Waals surface area contributed by atoms with Crippen molar-refractivity contribution in [3.8, 4) is 5.75 Å². The van der Waals surface area contributed by atoms with Crippen molar-refractivity contribution in [1.82, 2.24) is 9.96 Å². The molecule has 2 amide bonds. The van der Waals surface area contributed by atoms with Gasteiger partial charge in [0.1, 0.15) is 11.8 Å². The average molecular weight is 324 g/mol. The highest BCUT2D eigenvalue weighted by molar-refractivity contribution is 5.85. The highest BCUT2D eigenvalue weighted by Crippen LogP contribution is 2.22. The van der Waals surface area contributed by atoms with Crippen LogP contribution in [0, 0.1) is 0 Å². The SMILES string of the molecule is CON(C)C(=O)[C@H](Cc1ccc(O)cc1)N(C(=O)O)C(C)(C)C. The molecule has 0 aliphatic heterocycles. The van der Waals surface area contributed by atoms with Gasteiger partial charge in [0.2, 0.25) is 0 Å². The van der Waals surface area contributed by atoms with E-state index < -0.39 is 23.6 Å². The molecule has 1 aromatic carbocycles. The smallest absolute Gasteiger partial charge is 0.408 e. The van der Waals surface area contributed by atoms with Crippen molar-refractivity contribution in [1.29, 1.82) is 0 Å². The molecule has 0 saturated heterocycles. The number of carbonyl (C=O) groups is 2. The number of aromatic hydroxyl groups is 1.